The van der Waals surface area contributed by atoms with Crippen LogP contribution in [0.4, 0.5) is 24.5 Å². The highest BCUT2D eigenvalue weighted by Crippen LogP contribution is 2.37. The lowest BCUT2D eigenvalue weighted by Gasteiger charge is -2.23. The van der Waals surface area contributed by atoms with Gasteiger partial charge in [-0.1, -0.05) is 0 Å². The molecule has 0 aromatic heterocycles. The zero-order valence-electron chi connectivity index (χ0n) is 11.9. The molecule has 8 heteroatoms. The van der Waals surface area contributed by atoms with Gasteiger partial charge in [0.25, 0.3) is 5.69 Å². The van der Waals surface area contributed by atoms with Crippen molar-refractivity contribution in [1.82, 2.24) is 5.32 Å². The maximum absolute atomic E-state index is 13.0. The van der Waals surface area contributed by atoms with Crippen molar-refractivity contribution < 1.29 is 18.1 Å². The fourth-order valence-corrected chi connectivity index (χ4v) is 2.62. The Morgan fingerprint density at radius 2 is 2.18 bits per heavy atom. The quantitative estimate of drug-likeness (QED) is 0.645. The van der Waals surface area contributed by atoms with Crippen molar-refractivity contribution in [3.63, 3.8) is 0 Å². The van der Waals surface area contributed by atoms with E-state index < -0.39 is 22.4 Å². The maximum atomic E-state index is 13.0. The molecule has 2 N–H and O–H groups in total. The van der Waals surface area contributed by atoms with Gasteiger partial charge < -0.3 is 10.6 Å². The predicted octanol–water partition coefficient (Wildman–Crippen LogP) is 3.42. The summed E-state index contributed by atoms with van der Waals surface area (Å²) in [5.41, 5.74) is -1.67. The Balaban J connectivity index is 2.04. The minimum atomic E-state index is -4.62. The molecule has 0 spiro atoms. The van der Waals surface area contributed by atoms with E-state index in [-0.39, 0.29) is 5.69 Å². The molecule has 1 aromatic carbocycles. The minimum absolute atomic E-state index is 0.109. The Morgan fingerprint density at radius 3 is 2.77 bits per heavy atom. The van der Waals surface area contributed by atoms with E-state index in [1.165, 1.54) is 0 Å². The number of alkyl halides is 3. The van der Waals surface area contributed by atoms with Gasteiger partial charge in [-0.25, -0.2) is 0 Å². The summed E-state index contributed by atoms with van der Waals surface area (Å²) in [6.45, 7) is 2.28. The largest absolute Gasteiger partial charge is 0.418 e. The highest BCUT2D eigenvalue weighted by Gasteiger charge is 2.35. The van der Waals surface area contributed by atoms with E-state index in [2.05, 4.69) is 10.6 Å². The third-order valence-electron chi connectivity index (χ3n) is 3.79. The Labute approximate surface area is 126 Å². The number of benzene rings is 1. The number of halogens is 3. The monoisotopic (exact) mass is 317 g/mol. The lowest BCUT2D eigenvalue weighted by atomic mass is 9.96. The van der Waals surface area contributed by atoms with E-state index in [0.717, 1.165) is 44.5 Å². The summed E-state index contributed by atoms with van der Waals surface area (Å²) in [4.78, 5) is 9.80. The van der Waals surface area contributed by atoms with Crippen molar-refractivity contribution in [2.45, 2.75) is 25.4 Å². The molecule has 0 bridgehead atoms. The Kier molecular flexibility index (Phi) is 5.23. The molecule has 0 amide bonds. The van der Waals surface area contributed by atoms with Gasteiger partial charge in [0.1, 0.15) is 0 Å². The molecule has 1 unspecified atom stereocenters. The van der Waals surface area contributed by atoms with Crippen LogP contribution in [0.15, 0.2) is 18.2 Å². The van der Waals surface area contributed by atoms with Gasteiger partial charge >= 0.3 is 6.18 Å². The summed E-state index contributed by atoms with van der Waals surface area (Å²) in [5, 5.41) is 16.6. The summed E-state index contributed by atoms with van der Waals surface area (Å²) >= 11 is 0. The molecule has 1 saturated heterocycles. The Hall–Kier alpha value is -1.83. The van der Waals surface area contributed by atoms with Gasteiger partial charge in [0.05, 0.1) is 10.5 Å². The lowest BCUT2D eigenvalue weighted by Crippen LogP contribution is -2.30. The van der Waals surface area contributed by atoms with E-state index in [4.69, 9.17) is 0 Å². The molecule has 1 atom stereocenters. The van der Waals surface area contributed by atoms with Gasteiger partial charge in [-0.15, -0.1) is 0 Å². The van der Waals surface area contributed by atoms with Crippen LogP contribution >= 0.6 is 0 Å². The number of rotatable bonds is 5. The average Bonchev–Trinajstić information content (AvgIpc) is 2.47. The van der Waals surface area contributed by atoms with Crippen molar-refractivity contribution in [2.24, 2.45) is 5.92 Å². The molecule has 0 saturated carbocycles. The molecule has 1 aliphatic rings. The first-order valence-electron chi connectivity index (χ1n) is 7.18. The lowest BCUT2D eigenvalue weighted by molar-refractivity contribution is -0.385. The molecule has 2 rings (SSSR count). The maximum Gasteiger partial charge on any atom is 0.418 e. The summed E-state index contributed by atoms with van der Waals surface area (Å²) in [6, 6.07) is 2.78. The number of hydrogen-bond acceptors (Lipinski definition) is 4. The molecule has 22 heavy (non-hydrogen) atoms. The Morgan fingerprint density at radius 1 is 1.41 bits per heavy atom. The third-order valence-corrected chi connectivity index (χ3v) is 3.79. The molecule has 1 heterocycles. The number of nitro groups is 1. The summed E-state index contributed by atoms with van der Waals surface area (Å²) in [7, 11) is 0. The summed E-state index contributed by atoms with van der Waals surface area (Å²) in [6.07, 6.45) is -1.71. The average molecular weight is 317 g/mol. The first kappa shape index (κ1) is 16.5. The minimum Gasteiger partial charge on any atom is -0.385 e. The fraction of sp³-hybridized carbons (Fsp3) is 0.571. The van der Waals surface area contributed by atoms with Crippen LogP contribution in [0.2, 0.25) is 0 Å². The number of nitrogens with zero attached hydrogens (tertiary/aromatic N) is 1. The van der Waals surface area contributed by atoms with E-state index in [1.54, 1.807) is 0 Å². The molecular formula is C14H18F3N3O2. The highest BCUT2D eigenvalue weighted by atomic mass is 19.4. The molecule has 122 valence electrons. The van der Waals surface area contributed by atoms with E-state index in [9.17, 15) is 23.3 Å². The number of non-ortho nitro benzene ring substituents is 1. The molecule has 0 aliphatic carbocycles. The van der Waals surface area contributed by atoms with Gasteiger partial charge in [0.2, 0.25) is 0 Å². The van der Waals surface area contributed by atoms with Crippen molar-refractivity contribution >= 4 is 11.4 Å². The van der Waals surface area contributed by atoms with Gasteiger partial charge in [-0.05, 0) is 44.3 Å². The second-order valence-electron chi connectivity index (χ2n) is 5.41. The van der Waals surface area contributed by atoms with Crippen molar-refractivity contribution in [2.75, 3.05) is 25.0 Å². The fourth-order valence-electron chi connectivity index (χ4n) is 2.62. The number of hydrogen-bond donors (Lipinski definition) is 2. The highest BCUT2D eigenvalue weighted by molar-refractivity contribution is 5.57. The molecule has 1 aromatic rings. The van der Waals surface area contributed by atoms with Crippen LogP contribution in [0.1, 0.15) is 24.8 Å². The Bertz CT molecular complexity index is 529. The van der Waals surface area contributed by atoms with Crippen LogP contribution in [0.3, 0.4) is 0 Å². The number of nitro benzene ring substituents is 1. The molecule has 1 aliphatic heterocycles. The zero-order chi connectivity index (χ0) is 16.2. The van der Waals surface area contributed by atoms with Gasteiger partial charge in [0.15, 0.2) is 0 Å². The van der Waals surface area contributed by atoms with Gasteiger partial charge in [-0.3, -0.25) is 10.1 Å². The van der Waals surface area contributed by atoms with E-state index >= 15 is 0 Å². The standard InChI is InChI=1S/C14H18F3N3O2/c15-14(16,17)12-8-11(20(21)22)3-4-13(12)19-7-5-10-2-1-6-18-9-10/h3-4,8,10,18-19H,1-2,5-7,9H2. The van der Waals surface area contributed by atoms with Crippen molar-refractivity contribution in [3.8, 4) is 0 Å². The molecule has 0 radical (unpaired) electrons. The summed E-state index contributed by atoms with van der Waals surface area (Å²) < 4.78 is 39.0. The second-order valence-corrected chi connectivity index (χ2v) is 5.41. The SMILES string of the molecule is O=[N+]([O-])c1ccc(NCCC2CCCNC2)c(C(F)(F)F)c1. The smallest absolute Gasteiger partial charge is 0.385 e. The first-order valence-corrected chi connectivity index (χ1v) is 7.18. The molecular weight excluding hydrogens is 299 g/mol. The number of anilines is 1. The molecule has 5 nitrogen and oxygen atoms in total. The normalized spacial score (nSPS) is 19.0. The van der Waals surface area contributed by atoms with E-state index in [1.807, 2.05) is 0 Å². The van der Waals surface area contributed by atoms with Crippen LogP contribution in [-0.2, 0) is 6.18 Å². The van der Waals surface area contributed by atoms with Crippen LogP contribution < -0.4 is 10.6 Å². The van der Waals surface area contributed by atoms with Crippen molar-refractivity contribution in [1.29, 1.82) is 0 Å². The van der Waals surface area contributed by atoms with Crippen LogP contribution in [0.25, 0.3) is 0 Å². The van der Waals surface area contributed by atoms with Gasteiger partial charge in [-0.2, -0.15) is 13.2 Å². The molecule has 1 fully saturated rings. The third kappa shape index (κ3) is 4.33. The van der Waals surface area contributed by atoms with Crippen LogP contribution in [0, 0.1) is 16.0 Å². The number of nitrogens with one attached hydrogen (secondary N) is 2. The predicted molar refractivity (Wildman–Crippen MR) is 76.8 cm³/mol. The topological polar surface area (TPSA) is 67.2 Å². The number of piperidine rings is 1. The first-order chi connectivity index (χ1) is 10.4. The van der Waals surface area contributed by atoms with Crippen LogP contribution in [-0.4, -0.2) is 24.6 Å². The zero-order valence-corrected chi connectivity index (χ0v) is 11.9. The van der Waals surface area contributed by atoms with Crippen LogP contribution in [0.5, 0.6) is 0 Å². The van der Waals surface area contributed by atoms with E-state index in [0.29, 0.717) is 18.5 Å². The summed E-state index contributed by atoms with van der Waals surface area (Å²) in [5.74, 6) is 0.452. The second kappa shape index (κ2) is 6.95. The van der Waals surface area contributed by atoms with Gasteiger partial charge in [0, 0.05) is 24.4 Å². The van der Waals surface area contributed by atoms with Crippen molar-refractivity contribution in [3.05, 3.63) is 33.9 Å².